The van der Waals surface area contributed by atoms with Crippen LogP contribution >= 0.6 is 0 Å². The van der Waals surface area contributed by atoms with Gasteiger partial charge in [-0.2, -0.15) is 10.4 Å². The molecule has 0 saturated heterocycles. The van der Waals surface area contributed by atoms with Gasteiger partial charge in [-0.05, 0) is 57.5 Å². The molecule has 0 spiro atoms. The van der Waals surface area contributed by atoms with E-state index in [0.717, 1.165) is 36.3 Å². The van der Waals surface area contributed by atoms with Gasteiger partial charge in [-0.25, -0.2) is 4.68 Å². The van der Waals surface area contributed by atoms with Crippen LogP contribution in [0.1, 0.15) is 49.6 Å². The van der Waals surface area contributed by atoms with Crippen molar-refractivity contribution in [3.63, 3.8) is 0 Å². The third-order valence-electron chi connectivity index (χ3n) is 4.15. The van der Waals surface area contributed by atoms with E-state index in [9.17, 15) is 5.11 Å². The molecular formula is C18H24N4O. The van der Waals surface area contributed by atoms with E-state index in [2.05, 4.69) is 23.4 Å². The number of hydrogen-bond donors (Lipinski definition) is 2. The fourth-order valence-corrected chi connectivity index (χ4v) is 2.57. The quantitative estimate of drug-likeness (QED) is 0.824. The minimum absolute atomic E-state index is 0.172. The van der Waals surface area contributed by atoms with Gasteiger partial charge >= 0.3 is 0 Å². The summed E-state index contributed by atoms with van der Waals surface area (Å²) >= 11 is 0. The van der Waals surface area contributed by atoms with Crippen LogP contribution in [0, 0.1) is 18.3 Å². The zero-order chi connectivity index (χ0) is 16.8. The highest BCUT2D eigenvalue weighted by atomic mass is 16.3. The molecule has 1 aromatic heterocycles. The van der Waals surface area contributed by atoms with Crippen LogP contribution in [-0.4, -0.2) is 27.5 Å². The molecule has 1 heterocycles. The first kappa shape index (κ1) is 17.2. The number of benzene rings is 1. The lowest BCUT2D eigenvalue weighted by atomic mass is 10.1. The zero-order valence-corrected chi connectivity index (χ0v) is 14.0. The van der Waals surface area contributed by atoms with Gasteiger partial charge in [-0.15, -0.1) is 0 Å². The molecule has 0 saturated carbocycles. The second kappa shape index (κ2) is 7.91. The second-order valence-corrected chi connectivity index (χ2v) is 5.78. The lowest BCUT2D eigenvalue weighted by molar-refractivity contribution is 0.159. The number of nitriles is 1. The topological polar surface area (TPSA) is 73.9 Å². The van der Waals surface area contributed by atoms with Crippen molar-refractivity contribution < 1.29 is 5.11 Å². The van der Waals surface area contributed by atoms with Gasteiger partial charge in [0.05, 0.1) is 29.6 Å². The Morgan fingerprint density at radius 1 is 1.35 bits per heavy atom. The lowest BCUT2D eigenvalue weighted by Crippen LogP contribution is -2.23. The highest BCUT2D eigenvalue weighted by Crippen LogP contribution is 2.20. The van der Waals surface area contributed by atoms with Crippen molar-refractivity contribution >= 4 is 0 Å². The van der Waals surface area contributed by atoms with Crippen molar-refractivity contribution in [2.75, 3.05) is 6.54 Å². The monoisotopic (exact) mass is 312 g/mol. The van der Waals surface area contributed by atoms with Gasteiger partial charge in [0.25, 0.3) is 0 Å². The molecule has 122 valence electrons. The average Bonchev–Trinajstić information content (AvgIpc) is 2.96. The summed E-state index contributed by atoms with van der Waals surface area (Å²) in [5, 5.41) is 26.4. The first-order chi connectivity index (χ1) is 11.1. The molecule has 2 unspecified atom stereocenters. The summed E-state index contributed by atoms with van der Waals surface area (Å²) in [5.74, 6) is 0. The zero-order valence-electron chi connectivity index (χ0n) is 14.0. The Morgan fingerprint density at radius 3 is 2.65 bits per heavy atom. The molecule has 23 heavy (non-hydrogen) atoms. The largest absolute Gasteiger partial charge is 0.393 e. The van der Waals surface area contributed by atoms with E-state index < -0.39 is 0 Å². The van der Waals surface area contributed by atoms with Crippen LogP contribution in [-0.2, 0) is 0 Å². The molecule has 0 fully saturated rings. The fraction of sp³-hybridized carbons (Fsp3) is 0.444. The van der Waals surface area contributed by atoms with Crippen LogP contribution in [0.2, 0.25) is 0 Å². The number of aromatic nitrogens is 2. The molecule has 2 atom stereocenters. The van der Waals surface area contributed by atoms with Crippen LogP contribution in [0.5, 0.6) is 0 Å². The Bertz CT molecular complexity index is 669. The average molecular weight is 312 g/mol. The summed E-state index contributed by atoms with van der Waals surface area (Å²) < 4.78 is 1.88. The molecule has 2 N–H and O–H groups in total. The number of aliphatic hydroxyl groups is 1. The third kappa shape index (κ3) is 4.19. The predicted molar refractivity (Wildman–Crippen MR) is 90.3 cm³/mol. The summed E-state index contributed by atoms with van der Waals surface area (Å²) in [6.07, 6.45) is 3.17. The molecular weight excluding hydrogens is 288 g/mol. The number of hydrogen-bond acceptors (Lipinski definition) is 4. The molecule has 0 aliphatic carbocycles. The Morgan fingerprint density at radius 2 is 2.04 bits per heavy atom. The van der Waals surface area contributed by atoms with Crippen LogP contribution in [0.4, 0.5) is 0 Å². The minimum Gasteiger partial charge on any atom is -0.393 e. The van der Waals surface area contributed by atoms with Crippen molar-refractivity contribution in [1.82, 2.24) is 15.1 Å². The summed E-state index contributed by atoms with van der Waals surface area (Å²) in [5.41, 5.74) is 3.80. The molecule has 1 aromatic carbocycles. The SMILES string of the molecule is CCC(O)CCNC(C)c1cnn(-c2ccc(C#N)cc2)c1C. The van der Waals surface area contributed by atoms with Gasteiger partial charge in [0.1, 0.15) is 0 Å². The van der Waals surface area contributed by atoms with Gasteiger partial charge in [-0.3, -0.25) is 0 Å². The number of nitrogens with one attached hydrogen (secondary N) is 1. The molecule has 0 aliphatic heterocycles. The van der Waals surface area contributed by atoms with Crippen LogP contribution in [0.25, 0.3) is 5.69 Å². The van der Waals surface area contributed by atoms with Gasteiger partial charge < -0.3 is 10.4 Å². The maximum Gasteiger partial charge on any atom is 0.0991 e. The molecule has 0 radical (unpaired) electrons. The van der Waals surface area contributed by atoms with E-state index in [4.69, 9.17) is 5.26 Å². The second-order valence-electron chi connectivity index (χ2n) is 5.78. The summed E-state index contributed by atoms with van der Waals surface area (Å²) in [4.78, 5) is 0. The van der Waals surface area contributed by atoms with E-state index in [0.29, 0.717) is 5.56 Å². The van der Waals surface area contributed by atoms with E-state index >= 15 is 0 Å². The molecule has 0 aliphatic rings. The van der Waals surface area contributed by atoms with Crippen molar-refractivity contribution in [2.45, 2.75) is 45.8 Å². The minimum atomic E-state index is -0.239. The van der Waals surface area contributed by atoms with E-state index in [1.807, 2.05) is 36.9 Å². The van der Waals surface area contributed by atoms with Crippen molar-refractivity contribution in [3.8, 4) is 11.8 Å². The summed E-state index contributed by atoms with van der Waals surface area (Å²) in [6.45, 7) is 6.91. The highest BCUT2D eigenvalue weighted by molar-refractivity contribution is 5.40. The third-order valence-corrected chi connectivity index (χ3v) is 4.15. The van der Waals surface area contributed by atoms with E-state index in [1.165, 1.54) is 0 Å². The van der Waals surface area contributed by atoms with Crippen molar-refractivity contribution in [1.29, 1.82) is 5.26 Å². The summed E-state index contributed by atoms with van der Waals surface area (Å²) in [6, 6.07) is 9.69. The summed E-state index contributed by atoms with van der Waals surface area (Å²) in [7, 11) is 0. The van der Waals surface area contributed by atoms with Crippen molar-refractivity contribution in [3.05, 3.63) is 47.3 Å². The van der Waals surface area contributed by atoms with Crippen LogP contribution < -0.4 is 5.32 Å². The first-order valence-electron chi connectivity index (χ1n) is 8.03. The molecule has 2 rings (SSSR count). The van der Waals surface area contributed by atoms with Crippen LogP contribution in [0.15, 0.2) is 30.5 Å². The first-order valence-corrected chi connectivity index (χ1v) is 8.03. The standard InChI is InChI=1S/C18H24N4O/c1-4-17(23)9-10-20-13(2)18-12-21-22(14(18)3)16-7-5-15(11-19)6-8-16/h5-8,12-13,17,20,23H,4,9-10H2,1-3H3. The smallest absolute Gasteiger partial charge is 0.0991 e. The number of rotatable bonds is 7. The maximum atomic E-state index is 9.61. The van der Waals surface area contributed by atoms with E-state index in [1.54, 1.807) is 12.1 Å². The van der Waals surface area contributed by atoms with Crippen molar-refractivity contribution in [2.24, 2.45) is 0 Å². The molecule has 5 heteroatoms. The Kier molecular flexibility index (Phi) is 5.91. The number of nitrogens with zero attached hydrogens (tertiary/aromatic N) is 3. The highest BCUT2D eigenvalue weighted by Gasteiger charge is 2.14. The van der Waals surface area contributed by atoms with Gasteiger partial charge in [-0.1, -0.05) is 6.92 Å². The van der Waals surface area contributed by atoms with Crippen LogP contribution in [0.3, 0.4) is 0 Å². The van der Waals surface area contributed by atoms with E-state index in [-0.39, 0.29) is 12.1 Å². The maximum absolute atomic E-state index is 9.61. The Labute approximate surface area is 137 Å². The predicted octanol–water partition coefficient (Wildman–Crippen LogP) is 2.86. The molecule has 2 aromatic rings. The molecule has 5 nitrogen and oxygen atoms in total. The number of aliphatic hydroxyl groups excluding tert-OH is 1. The lowest BCUT2D eigenvalue weighted by Gasteiger charge is -2.15. The Balaban J connectivity index is 2.07. The van der Waals surface area contributed by atoms with Gasteiger partial charge in [0, 0.05) is 17.3 Å². The van der Waals surface area contributed by atoms with Gasteiger partial charge in [0.2, 0.25) is 0 Å². The molecule has 0 amide bonds. The Hall–Kier alpha value is -2.16. The normalized spacial score (nSPS) is 13.5. The van der Waals surface area contributed by atoms with Gasteiger partial charge in [0.15, 0.2) is 0 Å². The molecule has 0 bridgehead atoms. The fourth-order valence-electron chi connectivity index (χ4n) is 2.57.